The molecule has 7 heteroatoms. The minimum absolute atomic E-state index is 0.0112. The van der Waals surface area contributed by atoms with Crippen LogP contribution in [0.4, 0.5) is 4.79 Å². The van der Waals surface area contributed by atoms with E-state index in [2.05, 4.69) is 10.2 Å². The van der Waals surface area contributed by atoms with Crippen LogP contribution in [0.2, 0.25) is 0 Å². The smallest absolute Gasteiger partial charge is 0.410 e. The molecule has 0 spiro atoms. The van der Waals surface area contributed by atoms with Crippen molar-refractivity contribution >= 4 is 12.0 Å². The number of para-hydroxylation sites is 1. The SMILES string of the molecule is Cc1ccccc1OCC(=O)NCCN1CCN(C(=O)OC(C)(C)C)CC1. The van der Waals surface area contributed by atoms with Crippen LogP contribution < -0.4 is 10.1 Å². The zero-order valence-corrected chi connectivity index (χ0v) is 16.8. The van der Waals surface area contributed by atoms with Crippen molar-refractivity contribution in [2.75, 3.05) is 45.9 Å². The Bertz CT molecular complexity index is 634. The van der Waals surface area contributed by atoms with Crippen molar-refractivity contribution in [3.05, 3.63) is 29.8 Å². The monoisotopic (exact) mass is 377 g/mol. The quantitative estimate of drug-likeness (QED) is 0.822. The summed E-state index contributed by atoms with van der Waals surface area (Å²) in [6.07, 6.45) is -0.260. The molecule has 1 aromatic rings. The average molecular weight is 377 g/mol. The number of piperazine rings is 1. The average Bonchev–Trinajstić information content (AvgIpc) is 2.60. The second-order valence-corrected chi connectivity index (χ2v) is 7.71. The minimum atomic E-state index is -0.473. The highest BCUT2D eigenvalue weighted by Crippen LogP contribution is 2.15. The van der Waals surface area contributed by atoms with Crippen molar-refractivity contribution in [2.45, 2.75) is 33.3 Å². The third-order valence-corrected chi connectivity index (χ3v) is 4.23. The predicted molar refractivity (Wildman–Crippen MR) is 104 cm³/mol. The first-order valence-corrected chi connectivity index (χ1v) is 9.40. The summed E-state index contributed by atoms with van der Waals surface area (Å²) in [6.45, 7) is 11.7. The van der Waals surface area contributed by atoms with Gasteiger partial charge in [0, 0.05) is 39.3 Å². The van der Waals surface area contributed by atoms with Crippen molar-refractivity contribution in [1.29, 1.82) is 0 Å². The maximum atomic E-state index is 12.1. The Labute approximate surface area is 161 Å². The number of aryl methyl sites for hydroxylation is 1. The van der Waals surface area contributed by atoms with E-state index in [1.54, 1.807) is 4.90 Å². The Morgan fingerprint density at radius 2 is 1.78 bits per heavy atom. The molecule has 0 aliphatic carbocycles. The fourth-order valence-corrected chi connectivity index (χ4v) is 2.75. The third-order valence-electron chi connectivity index (χ3n) is 4.23. The molecule has 150 valence electrons. The van der Waals surface area contributed by atoms with Crippen LogP contribution in [0.15, 0.2) is 24.3 Å². The zero-order valence-electron chi connectivity index (χ0n) is 16.8. The molecule has 0 saturated carbocycles. The van der Waals surface area contributed by atoms with Gasteiger partial charge in [0.1, 0.15) is 11.4 Å². The summed E-state index contributed by atoms with van der Waals surface area (Å²) in [5.41, 5.74) is 0.534. The molecule has 1 aliphatic heterocycles. The highest BCUT2D eigenvalue weighted by atomic mass is 16.6. The van der Waals surface area contributed by atoms with Crippen LogP contribution in [-0.2, 0) is 9.53 Å². The maximum absolute atomic E-state index is 12.1. The number of ether oxygens (including phenoxy) is 2. The van der Waals surface area contributed by atoms with Gasteiger partial charge in [-0.2, -0.15) is 0 Å². The van der Waals surface area contributed by atoms with Crippen LogP contribution in [0.5, 0.6) is 5.75 Å². The van der Waals surface area contributed by atoms with Crippen molar-refractivity contribution in [2.24, 2.45) is 0 Å². The first kappa shape index (κ1) is 21.0. The van der Waals surface area contributed by atoms with E-state index in [0.717, 1.165) is 30.9 Å². The number of nitrogens with one attached hydrogen (secondary N) is 1. The highest BCUT2D eigenvalue weighted by Gasteiger charge is 2.25. The molecule has 2 rings (SSSR count). The molecule has 27 heavy (non-hydrogen) atoms. The number of carbonyl (C=O) groups excluding carboxylic acids is 2. The lowest BCUT2D eigenvalue weighted by molar-refractivity contribution is -0.123. The predicted octanol–water partition coefficient (Wildman–Crippen LogP) is 2.04. The first-order chi connectivity index (χ1) is 12.7. The van der Waals surface area contributed by atoms with Crippen LogP contribution in [0.3, 0.4) is 0 Å². The molecule has 1 heterocycles. The molecule has 7 nitrogen and oxygen atoms in total. The van der Waals surface area contributed by atoms with Gasteiger partial charge in [-0.25, -0.2) is 4.79 Å². The lowest BCUT2D eigenvalue weighted by atomic mass is 10.2. The van der Waals surface area contributed by atoms with E-state index in [9.17, 15) is 9.59 Å². The summed E-state index contributed by atoms with van der Waals surface area (Å²) in [5.74, 6) is 0.594. The van der Waals surface area contributed by atoms with Gasteiger partial charge in [0.2, 0.25) is 0 Å². The molecule has 1 saturated heterocycles. The van der Waals surface area contributed by atoms with Gasteiger partial charge in [0.05, 0.1) is 0 Å². The summed E-state index contributed by atoms with van der Waals surface area (Å²) in [4.78, 5) is 27.9. The Kier molecular flexibility index (Phi) is 7.47. The Balaban J connectivity index is 1.61. The Morgan fingerprint density at radius 3 is 2.41 bits per heavy atom. The van der Waals surface area contributed by atoms with Crippen molar-refractivity contribution in [3.63, 3.8) is 0 Å². The topological polar surface area (TPSA) is 71.1 Å². The molecule has 1 N–H and O–H groups in total. The molecule has 0 unspecified atom stereocenters. The van der Waals surface area contributed by atoms with Crippen LogP contribution in [0.1, 0.15) is 26.3 Å². The van der Waals surface area contributed by atoms with Crippen LogP contribution >= 0.6 is 0 Å². The molecular weight excluding hydrogens is 346 g/mol. The summed E-state index contributed by atoms with van der Waals surface area (Å²) in [7, 11) is 0. The second-order valence-electron chi connectivity index (χ2n) is 7.71. The van der Waals surface area contributed by atoms with E-state index >= 15 is 0 Å². The van der Waals surface area contributed by atoms with E-state index in [1.807, 2.05) is 52.0 Å². The molecule has 1 aliphatic rings. The van der Waals surface area contributed by atoms with E-state index in [-0.39, 0.29) is 18.6 Å². The van der Waals surface area contributed by atoms with Crippen molar-refractivity contribution < 1.29 is 19.1 Å². The Morgan fingerprint density at radius 1 is 1.11 bits per heavy atom. The first-order valence-electron chi connectivity index (χ1n) is 9.40. The number of benzene rings is 1. The van der Waals surface area contributed by atoms with Gasteiger partial charge < -0.3 is 19.7 Å². The van der Waals surface area contributed by atoms with Gasteiger partial charge >= 0.3 is 6.09 Å². The van der Waals surface area contributed by atoms with Crippen molar-refractivity contribution in [3.8, 4) is 5.75 Å². The number of rotatable bonds is 6. The molecular formula is C20H31N3O4. The fraction of sp³-hybridized carbons (Fsp3) is 0.600. The van der Waals surface area contributed by atoms with Gasteiger partial charge in [0.25, 0.3) is 5.91 Å². The van der Waals surface area contributed by atoms with Gasteiger partial charge in [-0.3, -0.25) is 9.69 Å². The maximum Gasteiger partial charge on any atom is 0.410 e. The van der Waals surface area contributed by atoms with E-state index in [4.69, 9.17) is 9.47 Å². The minimum Gasteiger partial charge on any atom is -0.484 e. The van der Waals surface area contributed by atoms with Crippen LogP contribution in [0, 0.1) is 6.92 Å². The summed E-state index contributed by atoms with van der Waals surface area (Å²) in [6, 6.07) is 7.62. The van der Waals surface area contributed by atoms with Crippen LogP contribution in [0.25, 0.3) is 0 Å². The normalized spacial score (nSPS) is 15.3. The standard InChI is InChI=1S/C20H31N3O4/c1-16-7-5-6-8-17(16)26-15-18(24)21-9-10-22-11-13-23(14-12-22)19(25)27-20(2,3)4/h5-8H,9-15H2,1-4H3,(H,21,24). The zero-order chi connectivity index (χ0) is 19.9. The molecule has 2 amide bonds. The van der Waals surface area contributed by atoms with E-state index < -0.39 is 5.60 Å². The largest absolute Gasteiger partial charge is 0.484 e. The Hall–Kier alpha value is -2.28. The summed E-state index contributed by atoms with van der Waals surface area (Å²) >= 11 is 0. The second kappa shape index (κ2) is 9.60. The molecule has 0 atom stereocenters. The summed E-state index contributed by atoms with van der Waals surface area (Å²) in [5, 5.41) is 2.87. The van der Waals surface area contributed by atoms with E-state index in [1.165, 1.54) is 0 Å². The van der Waals surface area contributed by atoms with Gasteiger partial charge in [-0.05, 0) is 39.3 Å². The number of amides is 2. The molecule has 1 aromatic carbocycles. The third kappa shape index (κ3) is 7.46. The molecule has 1 fully saturated rings. The molecule has 0 bridgehead atoms. The van der Waals surface area contributed by atoms with Crippen LogP contribution in [-0.4, -0.2) is 73.3 Å². The number of hydrogen-bond acceptors (Lipinski definition) is 5. The highest BCUT2D eigenvalue weighted by molar-refractivity contribution is 5.77. The number of nitrogens with zero attached hydrogens (tertiary/aromatic N) is 2. The van der Waals surface area contributed by atoms with Gasteiger partial charge in [-0.1, -0.05) is 18.2 Å². The van der Waals surface area contributed by atoms with Gasteiger partial charge in [0.15, 0.2) is 6.61 Å². The fourth-order valence-electron chi connectivity index (χ4n) is 2.75. The number of hydrogen-bond donors (Lipinski definition) is 1. The van der Waals surface area contributed by atoms with E-state index in [0.29, 0.717) is 19.6 Å². The van der Waals surface area contributed by atoms with Gasteiger partial charge in [-0.15, -0.1) is 0 Å². The lowest BCUT2D eigenvalue weighted by Crippen LogP contribution is -2.51. The number of carbonyl (C=O) groups is 2. The lowest BCUT2D eigenvalue weighted by Gasteiger charge is -2.35. The molecule has 0 aromatic heterocycles. The summed E-state index contributed by atoms with van der Waals surface area (Å²) < 4.78 is 10.9. The molecule has 0 radical (unpaired) electrons. The van der Waals surface area contributed by atoms with Crippen molar-refractivity contribution in [1.82, 2.24) is 15.1 Å².